The fraction of sp³-hybridized carbons (Fsp3) is 0.375. The van der Waals surface area contributed by atoms with E-state index in [0.29, 0.717) is 0 Å². The van der Waals surface area contributed by atoms with Crippen LogP contribution in [0.1, 0.15) is 35.4 Å². The first-order valence-electron chi connectivity index (χ1n) is 6.59. The average molecular weight is 259 g/mol. The first-order valence-corrected chi connectivity index (χ1v) is 6.59. The van der Waals surface area contributed by atoms with Crippen molar-refractivity contribution in [2.45, 2.75) is 26.8 Å². The monoisotopic (exact) mass is 259 g/mol. The van der Waals surface area contributed by atoms with Crippen molar-refractivity contribution >= 4 is 0 Å². The highest BCUT2D eigenvalue weighted by Crippen LogP contribution is 2.34. The predicted octanol–water partition coefficient (Wildman–Crippen LogP) is 3.60. The number of nitrogens with one attached hydrogen (secondary N) is 1. The van der Waals surface area contributed by atoms with Gasteiger partial charge in [0.15, 0.2) is 0 Å². The summed E-state index contributed by atoms with van der Waals surface area (Å²) >= 11 is 0. The smallest absolute Gasteiger partial charge is 0.127 e. The van der Waals surface area contributed by atoms with E-state index in [1.807, 2.05) is 12.1 Å². The molecule has 0 spiro atoms. The van der Waals surface area contributed by atoms with Gasteiger partial charge >= 0.3 is 0 Å². The van der Waals surface area contributed by atoms with E-state index < -0.39 is 0 Å². The van der Waals surface area contributed by atoms with Gasteiger partial charge in [0, 0.05) is 5.56 Å². The lowest BCUT2D eigenvalue weighted by atomic mass is 9.97. The second-order valence-electron chi connectivity index (χ2n) is 4.64. The van der Waals surface area contributed by atoms with Crippen LogP contribution in [0.4, 0.5) is 0 Å². The topological polar surface area (TPSA) is 34.4 Å². The summed E-state index contributed by atoms with van der Waals surface area (Å²) in [4.78, 5) is 0. The van der Waals surface area contributed by atoms with Gasteiger partial charge in [-0.05, 0) is 43.7 Å². The van der Waals surface area contributed by atoms with Crippen molar-refractivity contribution in [3.05, 3.63) is 53.0 Å². The summed E-state index contributed by atoms with van der Waals surface area (Å²) in [6.45, 7) is 7.13. The molecule has 19 heavy (non-hydrogen) atoms. The lowest BCUT2D eigenvalue weighted by molar-refractivity contribution is 0.391. The van der Waals surface area contributed by atoms with Gasteiger partial charge < -0.3 is 14.5 Å². The molecule has 0 radical (unpaired) electrons. The lowest BCUT2D eigenvalue weighted by Crippen LogP contribution is -2.22. The Morgan fingerprint density at radius 3 is 2.63 bits per heavy atom. The first-order chi connectivity index (χ1) is 9.19. The van der Waals surface area contributed by atoms with Crippen molar-refractivity contribution in [3.8, 4) is 5.75 Å². The zero-order chi connectivity index (χ0) is 13.8. The summed E-state index contributed by atoms with van der Waals surface area (Å²) in [5.74, 6) is 1.84. The normalized spacial score (nSPS) is 12.4. The Bertz CT molecular complexity index is 532. The fourth-order valence-electron chi connectivity index (χ4n) is 2.33. The van der Waals surface area contributed by atoms with Crippen LogP contribution < -0.4 is 10.1 Å². The molecule has 102 valence electrons. The van der Waals surface area contributed by atoms with E-state index in [4.69, 9.17) is 9.15 Å². The minimum Gasteiger partial charge on any atom is -0.496 e. The van der Waals surface area contributed by atoms with Crippen LogP contribution in [-0.4, -0.2) is 13.7 Å². The average Bonchev–Trinajstić information content (AvgIpc) is 2.93. The van der Waals surface area contributed by atoms with E-state index >= 15 is 0 Å². The molecule has 0 aliphatic heterocycles. The van der Waals surface area contributed by atoms with Gasteiger partial charge in [0.05, 0.1) is 19.4 Å². The summed E-state index contributed by atoms with van der Waals surface area (Å²) < 4.78 is 11.2. The van der Waals surface area contributed by atoms with E-state index in [1.165, 1.54) is 11.1 Å². The molecular weight excluding hydrogens is 238 g/mol. The minimum absolute atomic E-state index is 0.0225. The van der Waals surface area contributed by atoms with Gasteiger partial charge in [0.25, 0.3) is 0 Å². The Balaban J connectivity index is 2.51. The van der Waals surface area contributed by atoms with Crippen molar-refractivity contribution in [2.24, 2.45) is 0 Å². The zero-order valence-electron chi connectivity index (χ0n) is 12.0. The SMILES string of the molecule is CCNC(c1ccco1)c1ccc(C)c(C)c1OC. The second kappa shape index (κ2) is 5.93. The number of hydrogen-bond donors (Lipinski definition) is 1. The molecule has 0 aliphatic rings. The molecule has 0 saturated heterocycles. The van der Waals surface area contributed by atoms with Crippen molar-refractivity contribution in [3.63, 3.8) is 0 Å². The molecular formula is C16H21NO2. The number of ether oxygens (including phenoxy) is 1. The highest BCUT2D eigenvalue weighted by atomic mass is 16.5. The van der Waals surface area contributed by atoms with Crippen LogP contribution in [0.3, 0.4) is 0 Å². The molecule has 1 aromatic carbocycles. The third-order valence-electron chi connectivity index (χ3n) is 3.46. The maximum absolute atomic E-state index is 5.60. The Morgan fingerprint density at radius 2 is 2.05 bits per heavy atom. The van der Waals surface area contributed by atoms with Gasteiger partial charge in [-0.15, -0.1) is 0 Å². The number of hydrogen-bond acceptors (Lipinski definition) is 3. The summed E-state index contributed by atoms with van der Waals surface area (Å²) in [6.07, 6.45) is 1.70. The molecule has 0 fully saturated rings. The van der Waals surface area contributed by atoms with Gasteiger partial charge in [-0.25, -0.2) is 0 Å². The number of methoxy groups -OCH3 is 1. The number of aryl methyl sites for hydroxylation is 1. The van der Waals surface area contributed by atoms with Crippen LogP contribution in [0.5, 0.6) is 5.75 Å². The Morgan fingerprint density at radius 1 is 1.26 bits per heavy atom. The van der Waals surface area contributed by atoms with E-state index in [9.17, 15) is 0 Å². The molecule has 0 amide bonds. The van der Waals surface area contributed by atoms with E-state index in [1.54, 1.807) is 13.4 Å². The van der Waals surface area contributed by atoms with Crippen LogP contribution in [0.2, 0.25) is 0 Å². The molecule has 1 aromatic heterocycles. The van der Waals surface area contributed by atoms with Crippen molar-refractivity contribution in [1.82, 2.24) is 5.32 Å². The molecule has 0 aliphatic carbocycles. The van der Waals surface area contributed by atoms with Gasteiger partial charge in [0.1, 0.15) is 11.5 Å². The van der Waals surface area contributed by atoms with E-state index in [-0.39, 0.29) is 6.04 Å². The molecule has 0 saturated carbocycles. The fourth-order valence-corrected chi connectivity index (χ4v) is 2.33. The number of rotatable bonds is 5. The highest BCUT2D eigenvalue weighted by molar-refractivity contribution is 5.48. The summed E-state index contributed by atoms with van der Waals surface area (Å²) in [5.41, 5.74) is 3.52. The lowest BCUT2D eigenvalue weighted by Gasteiger charge is -2.21. The molecule has 0 bridgehead atoms. The summed E-state index contributed by atoms with van der Waals surface area (Å²) in [5, 5.41) is 3.45. The molecule has 1 heterocycles. The van der Waals surface area contributed by atoms with Crippen molar-refractivity contribution < 1.29 is 9.15 Å². The van der Waals surface area contributed by atoms with Gasteiger partial charge in [-0.2, -0.15) is 0 Å². The molecule has 2 aromatic rings. The zero-order valence-corrected chi connectivity index (χ0v) is 12.0. The minimum atomic E-state index is 0.0225. The van der Waals surface area contributed by atoms with Crippen LogP contribution in [0.15, 0.2) is 34.9 Å². The van der Waals surface area contributed by atoms with E-state index in [2.05, 4.69) is 38.2 Å². The predicted molar refractivity (Wildman–Crippen MR) is 76.7 cm³/mol. The molecule has 1 atom stereocenters. The number of furan rings is 1. The maximum Gasteiger partial charge on any atom is 0.127 e. The maximum atomic E-state index is 5.60. The van der Waals surface area contributed by atoms with Crippen molar-refractivity contribution in [2.75, 3.05) is 13.7 Å². The largest absolute Gasteiger partial charge is 0.496 e. The molecule has 2 rings (SSSR count). The third kappa shape index (κ3) is 2.66. The van der Waals surface area contributed by atoms with Crippen LogP contribution >= 0.6 is 0 Å². The Hall–Kier alpha value is -1.74. The molecule has 3 heteroatoms. The molecule has 1 unspecified atom stereocenters. The van der Waals surface area contributed by atoms with Crippen LogP contribution in [0, 0.1) is 13.8 Å². The van der Waals surface area contributed by atoms with Crippen molar-refractivity contribution in [1.29, 1.82) is 0 Å². The third-order valence-corrected chi connectivity index (χ3v) is 3.46. The van der Waals surface area contributed by atoms with Gasteiger partial charge in [-0.3, -0.25) is 0 Å². The Kier molecular flexibility index (Phi) is 4.27. The quantitative estimate of drug-likeness (QED) is 0.890. The first kappa shape index (κ1) is 13.7. The van der Waals surface area contributed by atoms with Crippen LogP contribution in [0.25, 0.3) is 0 Å². The molecule has 3 nitrogen and oxygen atoms in total. The van der Waals surface area contributed by atoms with Gasteiger partial charge in [0.2, 0.25) is 0 Å². The van der Waals surface area contributed by atoms with Gasteiger partial charge in [-0.1, -0.05) is 19.1 Å². The summed E-state index contributed by atoms with van der Waals surface area (Å²) in [6, 6.07) is 8.15. The summed E-state index contributed by atoms with van der Waals surface area (Å²) in [7, 11) is 1.72. The van der Waals surface area contributed by atoms with E-state index in [0.717, 1.165) is 23.6 Å². The highest BCUT2D eigenvalue weighted by Gasteiger charge is 2.21. The van der Waals surface area contributed by atoms with Crippen LogP contribution in [-0.2, 0) is 0 Å². The molecule has 1 N–H and O–H groups in total. The Labute approximate surface area is 114 Å². The second-order valence-corrected chi connectivity index (χ2v) is 4.64. The number of benzene rings is 1. The standard InChI is InChI=1S/C16H21NO2/c1-5-17-15(14-7-6-10-19-14)13-9-8-11(2)12(3)16(13)18-4/h6-10,15,17H,5H2,1-4H3.